The maximum atomic E-state index is 15.1. The number of methoxy groups -OCH3 is 1. The number of imidazole rings is 1. The third-order valence-electron chi connectivity index (χ3n) is 13.1. The molecule has 0 unspecified atom stereocenters. The second kappa shape index (κ2) is 25.2. The molecule has 17 heteroatoms. The number of alkyl carbamates (subject to hydrolysis) is 1. The molecule has 0 aliphatic heterocycles. The summed E-state index contributed by atoms with van der Waals surface area (Å²) in [5.41, 5.74) is -0.348. The average Bonchev–Trinajstić information content (AvgIpc) is 3.80. The first-order valence-electron chi connectivity index (χ1n) is 25.1. The van der Waals surface area contributed by atoms with Crippen LogP contribution in [0.15, 0.2) is 134 Å². The quantitative estimate of drug-likeness (QED) is 0.0388. The number of amides is 6. The van der Waals surface area contributed by atoms with Crippen LogP contribution in [0.3, 0.4) is 0 Å². The van der Waals surface area contributed by atoms with Crippen LogP contribution in [0.1, 0.15) is 101 Å². The lowest BCUT2D eigenvalue weighted by Crippen LogP contribution is -2.64. The van der Waals surface area contributed by atoms with Crippen molar-refractivity contribution in [2.75, 3.05) is 7.11 Å². The molecule has 4 atom stereocenters. The zero-order chi connectivity index (χ0) is 53.5. The number of hydrogen-bond acceptors (Lipinski definition) is 10. The molecule has 0 spiro atoms. The number of nitrogens with one attached hydrogen (secondary N) is 6. The molecule has 1 aromatic heterocycles. The number of benzene rings is 4. The number of carbonyl (C=O) groups is 7. The highest BCUT2D eigenvalue weighted by Crippen LogP contribution is 2.37. The fourth-order valence-electron chi connectivity index (χ4n) is 9.24. The van der Waals surface area contributed by atoms with E-state index >= 15 is 9.59 Å². The van der Waals surface area contributed by atoms with Gasteiger partial charge < -0.3 is 45.9 Å². The van der Waals surface area contributed by atoms with Gasteiger partial charge in [-0.1, -0.05) is 141 Å². The van der Waals surface area contributed by atoms with E-state index in [1.165, 1.54) is 21.0 Å². The summed E-state index contributed by atoms with van der Waals surface area (Å²) in [6, 6.07) is 32.0. The Morgan fingerprint density at radius 1 is 0.622 bits per heavy atom. The molecule has 4 aromatic carbocycles. The van der Waals surface area contributed by atoms with Crippen molar-refractivity contribution in [2.45, 2.75) is 127 Å². The molecule has 1 heterocycles. The summed E-state index contributed by atoms with van der Waals surface area (Å²) in [5, 5.41) is 17.2. The van der Waals surface area contributed by atoms with Crippen molar-refractivity contribution in [3.63, 3.8) is 0 Å². The van der Waals surface area contributed by atoms with Crippen LogP contribution in [0.25, 0.3) is 0 Å². The Hall–Kier alpha value is -7.82. The van der Waals surface area contributed by atoms with Gasteiger partial charge in [0, 0.05) is 31.8 Å². The summed E-state index contributed by atoms with van der Waals surface area (Å²) in [6.07, 6.45) is 5.19. The number of carbonyl (C=O) groups excluding carboxylic acids is 7. The van der Waals surface area contributed by atoms with Crippen LogP contribution < -0.4 is 31.9 Å². The van der Waals surface area contributed by atoms with Crippen LogP contribution in [0.2, 0.25) is 0 Å². The molecule has 0 radical (unpaired) electrons. The average molecular weight is 1010 g/mol. The van der Waals surface area contributed by atoms with Crippen molar-refractivity contribution >= 4 is 41.6 Å². The van der Waals surface area contributed by atoms with Crippen molar-refractivity contribution in [1.29, 1.82) is 0 Å². The van der Waals surface area contributed by atoms with Crippen LogP contribution in [-0.4, -0.2) is 93.6 Å². The lowest BCUT2D eigenvalue weighted by molar-refractivity contribution is -0.146. The van der Waals surface area contributed by atoms with E-state index in [4.69, 9.17) is 9.47 Å². The normalized spacial score (nSPS) is 14.7. The number of aryl methyl sites for hydroxylation is 1. The van der Waals surface area contributed by atoms with Crippen LogP contribution in [-0.2, 0) is 63.7 Å². The molecular weight excluding hydrogens is 941 g/mol. The van der Waals surface area contributed by atoms with Gasteiger partial charge in [-0.05, 0) is 75.6 Å². The number of nitrogens with zero attached hydrogens (tertiary/aromatic N) is 2. The molecule has 5 aromatic rings. The highest BCUT2D eigenvalue weighted by molar-refractivity contribution is 5.99. The number of aromatic nitrogens is 2. The Morgan fingerprint density at radius 2 is 1.15 bits per heavy atom. The number of ether oxygens (including phenoxy) is 2. The van der Waals surface area contributed by atoms with Gasteiger partial charge in [0.2, 0.25) is 29.5 Å². The molecule has 17 nitrogen and oxygen atoms in total. The minimum atomic E-state index is -1.63. The Morgan fingerprint density at radius 3 is 1.65 bits per heavy atom. The van der Waals surface area contributed by atoms with Gasteiger partial charge in [-0.2, -0.15) is 0 Å². The Balaban J connectivity index is 1.35. The van der Waals surface area contributed by atoms with Crippen LogP contribution >= 0.6 is 0 Å². The minimum absolute atomic E-state index is 0.0757. The fourth-order valence-corrected chi connectivity index (χ4v) is 9.24. The smallest absolute Gasteiger partial charge is 0.408 e. The first-order valence-corrected chi connectivity index (χ1v) is 25.1. The van der Waals surface area contributed by atoms with Crippen molar-refractivity contribution in [3.8, 4) is 0 Å². The number of hydrogen-bond donors (Lipinski definition) is 6. The van der Waals surface area contributed by atoms with Crippen molar-refractivity contribution in [2.24, 2.45) is 13.0 Å². The molecule has 1 aliphatic rings. The molecule has 74 heavy (non-hydrogen) atoms. The fraction of sp³-hybridized carbons (Fsp3) is 0.404. The third kappa shape index (κ3) is 14.9. The summed E-state index contributed by atoms with van der Waals surface area (Å²) in [7, 11) is 2.95. The van der Waals surface area contributed by atoms with E-state index in [2.05, 4.69) is 36.9 Å². The maximum Gasteiger partial charge on any atom is 0.408 e. The summed E-state index contributed by atoms with van der Waals surface area (Å²) in [4.78, 5) is 104. The van der Waals surface area contributed by atoms with Crippen molar-refractivity contribution in [1.82, 2.24) is 41.5 Å². The second-order valence-corrected chi connectivity index (χ2v) is 20.3. The Labute approximate surface area is 433 Å². The first-order chi connectivity index (χ1) is 35.3. The molecule has 1 aliphatic carbocycles. The molecule has 0 bridgehead atoms. The first kappa shape index (κ1) is 55.5. The number of esters is 1. The van der Waals surface area contributed by atoms with E-state index in [-0.39, 0.29) is 12.8 Å². The minimum Gasteiger partial charge on any atom is -0.467 e. The molecule has 1 fully saturated rings. The van der Waals surface area contributed by atoms with Gasteiger partial charge in [0.1, 0.15) is 40.8 Å². The third-order valence-corrected chi connectivity index (χ3v) is 13.1. The number of rotatable bonds is 21. The van der Waals surface area contributed by atoms with E-state index in [1.807, 2.05) is 121 Å². The van der Waals surface area contributed by atoms with E-state index in [0.29, 0.717) is 35.2 Å². The largest absolute Gasteiger partial charge is 0.467 e. The van der Waals surface area contributed by atoms with Gasteiger partial charge in [-0.25, -0.2) is 14.6 Å². The van der Waals surface area contributed by atoms with E-state index in [0.717, 1.165) is 24.8 Å². The molecule has 0 saturated heterocycles. The highest BCUT2D eigenvalue weighted by atomic mass is 16.6. The molecular formula is C57H70N8O9. The zero-order valence-corrected chi connectivity index (χ0v) is 43.3. The lowest BCUT2D eigenvalue weighted by Gasteiger charge is -2.37. The summed E-state index contributed by atoms with van der Waals surface area (Å²) >= 11 is 0. The molecule has 392 valence electrons. The van der Waals surface area contributed by atoms with Gasteiger partial charge in [0.25, 0.3) is 0 Å². The van der Waals surface area contributed by atoms with Gasteiger partial charge in [-0.3, -0.25) is 24.0 Å². The van der Waals surface area contributed by atoms with Crippen LogP contribution in [0, 0.1) is 5.92 Å². The predicted molar refractivity (Wildman–Crippen MR) is 279 cm³/mol. The van der Waals surface area contributed by atoms with Crippen LogP contribution in [0.4, 0.5) is 4.79 Å². The highest BCUT2D eigenvalue weighted by Gasteiger charge is 2.42. The van der Waals surface area contributed by atoms with Gasteiger partial charge in [-0.15, -0.1) is 0 Å². The summed E-state index contributed by atoms with van der Waals surface area (Å²) < 4.78 is 12.2. The Kier molecular flexibility index (Phi) is 18.9. The standard InChI is InChI=1S/C57H70N8O9/c1-55(2,3)74-54(72)61-44(34-43-36-58-37-65(43)6)49(67)59-45(35-47(66)63-57(40-27-17-10-18-28-40,41-29-19-11-20-30-41)42-31-21-12-22-32-42)50(68)62-48(39-25-15-9-16-26-39)51(69)64-56(4,5)53(71)60-46(52(70)73-7)33-38-23-13-8-14-24-38/h8,10-14,17-24,27-32,36-37,39,44-46,48H,9,15-16,25-26,33-35H2,1-7H3,(H,59,67)(H,60,71)(H,61,72)(H,62,68)(H,63,66)(H,64,69)/t44-,45-,46-,48-/m0/s1. The van der Waals surface area contributed by atoms with Gasteiger partial charge >= 0.3 is 12.1 Å². The van der Waals surface area contributed by atoms with E-state index < -0.39 is 94.8 Å². The maximum absolute atomic E-state index is 15.1. The molecule has 6 rings (SSSR count). The summed E-state index contributed by atoms with van der Waals surface area (Å²) in [5.74, 6) is -4.76. The van der Waals surface area contributed by atoms with E-state index in [1.54, 1.807) is 44.9 Å². The van der Waals surface area contributed by atoms with Gasteiger partial charge in [0.15, 0.2) is 0 Å². The van der Waals surface area contributed by atoms with Crippen molar-refractivity contribution in [3.05, 3.63) is 162 Å². The lowest BCUT2D eigenvalue weighted by atomic mass is 9.77. The summed E-state index contributed by atoms with van der Waals surface area (Å²) in [6.45, 7) is 8.02. The molecule has 1 saturated carbocycles. The SMILES string of the molecule is COC(=O)[C@H](Cc1ccccc1)NC(=O)C(C)(C)NC(=O)[C@@H](NC(=O)[C@H](CC(=O)NC(c1ccccc1)(c1ccccc1)c1ccccc1)NC(=O)[C@H](Cc1cncn1C)NC(=O)OC(C)(C)C)C1CCCCC1. The van der Waals surface area contributed by atoms with Crippen molar-refractivity contribution < 1.29 is 43.0 Å². The predicted octanol–water partition coefficient (Wildman–Crippen LogP) is 5.70. The van der Waals surface area contributed by atoms with Crippen LogP contribution in [0.5, 0.6) is 0 Å². The zero-order valence-electron chi connectivity index (χ0n) is 43.3. The van der Waals surface area contributed by atoms with Gasteiger partial charge in [0.05, 0.1) is 19.9 Å². The topological polar surface area (TPSA) is 228 Å². The molecule has 6 N–H and O–H groups in total. The van der Waals surface area contributed by atoms with E-state index in [9.17, 15) is 24.0 Å². The second-order valence-electron chi connectivity index (χ2n) is 20.3. The monoisotopic (exact) mass is 1010 g/mol. The Bertz CT molecular complexity index is 2590. The molecule has 6 amide bonds.